The third kappa shape index (κ3) is 4.53. The number of aliphatic carboxylic acids is 1. The van der Waals surface area contributed by atoms with Crippen molar-refractivity contribution in [1.82, 2.24) is 0 Å². The third-order valence-corrected chi connectivity index (χ3v) is 4.37. The van der Waals surface area contributed by atoms with Gasteiger partial charge in [0.25, 0.3) is 0 Å². The average molecular weight is 320 g/mol. The molecule has 0 aliphatic heterocycles. The first kappa shape index (κ1) is 16.4. The van der Waals surface area contributed by atoms with E-state index < -0.39 is 19.7 Å². The molecule has 0 spiro atoms. The molecule has 2 aromatic rings. The van der Waals surface area contributed by atoms with Crippen LogP contribution in [0.4, 0.5) is 0 Å². The maximum Gasteiger partial charge on any atom is 0.338 e. The van der Waals surface area contributed by atoms with E-state index in [1.165, 1.54) is 0 Å². The van der Waals surface area contributed by atoms with Crippen LogP contribution in [0.25, 0.3) is 0 Å². The van der Waals surface area contributed by atoms with Crippen LogP contribution >= 0.6 is 7.60 Å². The van der Waals surface area contributed by atoms with Crippen LogP contribution in [0.2, 0.25) is 0 Å². The molecule has 116 valence electrons. The normalized spacial score (nSPS) is 15.0. The first-order valence-electron chi connectivity index (χ1n) is 6.71. The van der Waals surface area contributed by atoms with Gasteiger partial charge < -0.3 is 10.00 Å². The van der Waals surface area contributed by atoms with E-state index in [0.29, 0.717) is 11.1 Å². The predicted molar refractivity (Wildman–Crippen MR) is 82.6 cm³/mol. The van der Waals surface area contributed by atoms with E-state index in [0.717, 1.165) is 5.56 Å². The first-order chi connectivity index (χ1) is 10.4. The SMILES string of the molecule is Cc1cccc(CP(=O)(O)OC(C(=O)O)c2ccccc2)c1. The molecule has 0 aliphatic rings. The fourth-order valence-electron chi connectivity index (χ4n) is 2.12. The molecule has 2 atom stereocenters. The summed E-state index contributed by atoms with van der Waals surface area (Å²) in [6.07, 6.45) is -1.70. The molecule has 0 bridgehead atoms. The molecule has 0 fully saturated rings. The van der Waals surface area contributed by atoms with Gasteiger partial charge in [-0.05, 0) is 18.1 Å². The van der Waals surface area contributed by atoms with Crippen LogP contribution in [-0.4, -0.2) is 16.0 Å². The van der Waals surface area contributed by atoms with Gasteiger partial charge >= 0.3 is 13.6 Å². The Morgan fingerprint density at radius 3 is 2.45 bits per heavy atom. The average Bonchev–Trinajstić information content (AvgIpc) is 2.45. The summed E-state index contributed by atoms with van der Waals surface area (Å²) < 4.78 is 17.3. The van der Waals surface area contributed by atoms with Crippen LogP contribution in [0.5, 0.6) is 0 Å². The second kappa shape index (κ2) is 6.88. The maximum absolute atomic E-state index is 12.3. The second-order valence-electron chi connectivity index (χ2n) is 5.02. The van der Waals surface area contributed by atoms with Gasteiger partial charge in [-0.25, -0.2) is 4.79 Å². The summed E-state index contributed by atoms with van der Waals surface area (Å²) in [5, 5.41) is 9.24. The highest BCUT2D eigenvalue weighted by Gasteiger charge is 2.31. The highest BCUT2D eigenvalue weighted by molar-refractivity contribution is 7.52. The number of benzene rings is 2. The van der Waals surface area contributed by atoms with E-state index >= 15 is 0 Å². The monoisotopic (exact) mass is 320 g/mol. The lowest BCUT2D eigenvalue weighted by atomic mass is 10.1. The maximum atomic E-state index is 12.3. The van der Waals surface area contributed by atoms with Crippen molar-refractivity contribution in [3.63, 3.8) is 0 Å². The van der Waals surface area contributed by atoms with Crippen LogP contribution in [0.1, 0.15) is 22.8 Å². The summed E-state index contributed by atoms with van der Waals surface area (Å²) >= 11 is 0. The number of carboxylic acid groups (broad SMARTS) is 1. The van der Waals surface area contributed by atoms with E-state index in [4.69, 9.17) is 4.52 Å². The number of carbonyl (C=O) groups is 1. The smallest absolute Gasteiger partial charge is 0.338 e. The molecule has 2 N–H and O–H groups in total. The van der Waals surface area contributed by atoms with Crippen molar-refractivity contribution >= 4 is 13.6 Å². The molecule has 2 rings (SSSR count). The zero-order valence-corrected chi connectivity index (χ0v) is 12.9. The summed E-state index contributed by atoms with van der Waals surface area (Å²) in [4.78, 5) is 21.3. The quantitative estimate of drug-likeness (QED) is 0.796. The standard InChI is InChI=1S/C16H17O5P/c1-12-6-5-7-13(10-12)11-22(19,20)21-15(16(17)18)14-8-3-2-4-9-14/h2-10,15H,11H2,1H3,(H,17,18)(H,19,20). The lowest BCUT2D eigenvalue weighted by Crippen LogP contribution is -2.14. The third-order valence-electron chi connectivity index (χ3n) is 3.06. The van der Waals surface area contributed by atoms with Crippen molar-refractivity contribution in [2.45, 2.75) is 19.2 Å². The number of hydrogen-bond donors (Lipinski definition) is 2. The minimum absolute atomic E-state index is 0.231. The van der Waals surface area contributed by atoms with Gasteiger partial charge in [-0.15, -0.1) is 0 Å². The molecule has 0 saturated carbocycles. The zero-order valence-electron chi connectivity index (χ0n) is 12.0. The molecule has 5 nitrogen and oxygen atoms in total. The van der Waals surface area contributed by atoms with E-state index in [1.54, 1.807) is 48.5 Å². The molecule has 0 saturated heterocycles. The Morgan fingerprint density at radius 2 is 1.86 bits per heavy atom. The Hall–Kier alpha value is -1.94. The van der Waals surface area contributed by atoms with E-state index in [2.05, 4.69) is 0 Å². The molecule has 0 heterocycles. The fraction of sp³-hybridized carbons (Fsp3) is 0.188. The van der Waals surface area contributed by atoms with Gasteiger partial charge in [0.05, 0.1) is 6.16 Å². The van der Waals surface area contributed by atoms with Crippen molar-refractivity contribution in [3.05, 3.63) is 71.3 Å². The lowest BCUT2D eigenvalue weighted by Gasteiger charge is -2.18. The van der Waals surface area contributed by atoms with Gasteiger partial charge in [-0.3, -0.25) is 9.09 Å². The molecule has 6 heteroatoms. The van der Waals surface area contributed by atoms with E-state index in [9.17, 15) is 19.4 Å². The van der Waals surface area contributed by atoms with Crippen molar-refractivity contribution in [2.75, 3.05) is 0 Å². The lowest BCUT2D eigenvalue weighted by molar-refractivity contribution is -0.145. The Balaban J connectivity index is 2.18. The van der Waals surface area contributed by atoms with Crippen LogP contribution in [0.15, 0.2) is 54.6 Å². The van der Waals surface area contributed by atoms with Gasteiger partial charge in [-0.1, -0.05) is 60.2 Å². The summed E-state index contributed by atoms with van der Waals surface area (Å²) in [7, 11) is -4.09. The first-order valence-corrected chi connectivity index (χ1v) is 8.47. The molecule has 0 radical (unpaired) electrons. The minimum Gasteiger partial charge on any atom is -0.479 e. The summed E-state index contributed by atoms with van der Waals surface area (Å²) in [6.45, 7) is 1.87. The number of carboxylic acids is 1. The Kier molecular flexibility index (Phi) is 5.14. The van der Waals surface area contributed by atoms with Gasteiger partial charge in [0, 0.05) is 0 Å². The molecule has 22 heavy (non-hydrogen) atoms. The zero-order chi connectivity index (χ0) is 16.2. The molecule has 0 aliphatic carbocycles. The molecule has 2 aromatic carbocycles. The minimum atomic E-state index is -4.09. The van der Waals surface area contributed by atoms with Crippen molar-refractivity contribution < 1.29 is 23.9 Å². The van der Waals surface area contributed by atoms with Crippen molar-refractivity contribution in [1.29, 1.82) is 0 Å². The van der Waals surface area contributed by atoms with E-state index in [1.807, 2.05) is 13.0 Å². The van der Waals surface area contributed by atoms with Crippen LogP contribution in [0.3, 0.4) is 0 Å². The predicted octanol–water partition coefficient (Wildman–Crippen LogP) is 3.52. The van der Waals surface area contributed by atoms with Crippen molar-refractivity contribution in [3.8, 4) is 0 Å². The summed E-state index contributed by atoms with van der Waals surface area (Å²) in [5.41, 5.74) is 1.91. The second-order valence-corrected chi connectivity index (χ2v) is 6.82. The topological polar surface area (TPSA) is 83.8 Å². The Morgan fingerprint density at radius 1 is 1.18 bits per heavy atom. The molecule has 0 aromatic heterocycles. The number of hydrogen-bond acceptors (Lipinski definition) is 3. The summed E-state index contributed by atoms with van der Waals surface area (Å²) in [6, 6.07) is 15.2. The largest absolute Gasteiger partial charge is 0.479 e. The molecule has 0 amide bonds. The highest BCUT2D eigenvalue weighted by Crippen LogP contribution is 2.49. The van der Waals surface area contributed by atoms with Crippen LogP contribution < -0.4 is 0 Å². The summed E-state index contributed by atoms with van der Waals surface area (Å²) in [5.74, 6) is -1.30. The molecular formula is C16H17O5P. The van der Waals surface area contributed by atoms with Gasteiger partial charge in [0.1, 0.15) is 0 Å². The van der Waals surface area contributed by atoms with E-state index in [-0.39, 0.29) is 6.16 Å². The molecule has 2 unspecified atom stereocenters. The molecular weight excluding hydrogens is 303 g/mol. The highest BCUT2D eigenvalue weighted by atomic mass is 31.2. The fourth-order valence-corrected chi connectivity index (χ4v) is 3.39. The Labute approximate surface area is 128 Å². The van der Waals surface area contributed by atoms with Crippen molar-refractivity contribution in [2.24, 2.45) is 0 Å². The van der Waals surface area contributed by atoms with Crippen LogP contribution in [0, 0.1) is 6.92 Å². The van der Waals surface area contributed by atoms with Gasteiger partial charge in [-0.2, -0.15) is 0 Å². The van der Waals surface area contributed by atoms with Gasteiger partial charge in [0.2, 0.25) is 0 Å². The van der Waals surface area contributed by atoms with Gasteiger partial charge in [0.15, 0.2) is 6.10 Å². The van der Waals surface area contributed by atoms with Crippen LogP contribution in [-0.2, 0) is 20.0 Å². The Bertz CT molecular complexity index is 699. The number of aryl methyl sites for hydroxylation is 1. The number of rotatable bonds is 6.